The lowest BCUT2D eigenvalue weighted by Gasteiger charge is -1.95. The number of halogens is 1. The Morgan fingerprint density at radius 3 is 2.53 bits per heavy atom. The van der Waals surface area contributed by atoms with E-state index in [0.29, 0.717) is 16.4 Å². The van der Waals surface area contributed by atoms with Crippen LogP contribution in [0.5, 0.6) is 5.75 Å². The molecular weight excluding hydrogens is 236 g/mol. The van der Waals surface area contributed by atoms with Gasteiger partial charge in [-0.3, -0.25) is 0 Å². The van der Waals surface area contributed by atoms with Crippen LogP contribution >= 0.6 is 11.6 Å². The zero-order valence-corrected chi connectivity index (χ0v) is 9.61. The fourth-order valence-electron chi connectivity index (χ4n) is 1.83. The average Bonchev–Trinajstić information content (AvgIpc) is 2.68. The third kappa shape index (κ3) is 1.67. The van der Waals surface area contributed by atoms with Gasteiger partial charge in [0.05, 0.1) is 5.02 Å². The quantitative estimate of drug-likeness (QED) is 0.686. The Morgan fingerprint density at radius 1 is 1.00 bits per heavy atom. The Bertz CT molecular complexity index is 671. The first-order valence-corrected chi connectivity index (χ1v) is 5.60. The van der Waals surface area contributed by atoms with Gasteiger partial charge < -0.3 is 9.52 Å². The molecule has 0 radical (unpaired) electrons. The standard InChI is InChI=1S/C14H9ClO2/c15-13-11-8-10(16)6-7-12(11)17-14(13)9-4-2-1-3-5-9/h1-8,16H. The van der Waals surface area contributed by atoms with E-state index >= 15 is 0 Å². The summed E-state index contributed by atoms with van der Waals surface area (Å²) in [5.41, 5.74) is 1.60. The van der Waals surface area contributed by atoms with E-state index in [-0.39, 0.29) is 5.75 Å². The molecule has 3 rings (SSSR count). The summed E-state index contributed by atoms with van der Waals surface area (Å²) >= 11 is 6.26. The fraction of sp³-hybridized carbons (Fsp3) is 0. The largest absolute Gasteiger partial charge is 0.508 e. The topological polar surface area (TPSA) is 33.4 Å². The maximum atomic E-state index is 9.43. The van der Waals surface area contributed by atoms with Crippen LogP contribution in [0, 0.1) is 0 Å². The molecule has 0 saturated carbocycles. The van der Waals surface area contributed by atoms with Crippen molar-refractivity contribution in [3.8, 4) is 17.1 Å². The lowest BCUT2D eigenvalue weighted by atomic mass is 10.1. The monoisotopic (exact) mass is 244 g/mol. The molecule has 0 spiro atoms. The Hall–Kier alpha value is -1.93. The Labute approximate surface area is 103 Å². The number of furan rings is 1. The number of hydrogen-bond acceptors (Lipinski definition) is 2. The number of phenols is 1. The van der Waals surface area contributed by atoms with E-state index in [0.717, 1.165) is 10.9 Å². The predicted molar refractivity (Wildman–Crippen MR) is 68.3 cm³/mol. The molecule has 17 heavy (non-hydrogen) atoms. The molecule has 0 aliphatic carbocycles. The molecule has 84 valence electrons. The minimum atomic E-state index is 0.180. The lowest BCUT2D eigenvalue weighted by Crippen LogP contribution is -1.72. The fourth-order valence-corrected chi connectivity index (χ4v) is 2.13. The van der Waals surface area contributed by atoms with Crippen LogP contribution in [-0.2, 0) is 0 Å². The summed E-state index contributed by atoms with van der Waals surface area (Å²) < 4.78 is 5.70. The van der Waals surface area contributed by atoms with Gasteiger partial charge in [0.15, 0.2) is 5.76 Å². The van der Waals surface area contributed by atoms with Crippen LogP contribution in [0.15, 0.2) is 52.9 Å². The molecule has 0 saturated heterocycles. The van der Waals surface area contributed by atoms with E-state index in [4.69, 9.17) is 16.0 Å². The van der Waals surface area contributed by atoms with Crippen molar-refractivity contribution < 1.29 is 9.52 Å². The second-order valence-electron chi connectivity index (χ2n) is 3.79. The first kappa shape index (κ1) is 10.2. The maximum Gasteiger partial charge on any atom is 0.154 e. The number of hydrogen-bond donors (Lipinski definition) is 1. The molecule has 3 aromatic rings. The Morgan fingerprint density at radius 2 is 1.76 bits per heavy atom. The minimum absolute atomic E-state index is 0.180. The number of rotatable bonds is 1. The van der Waals surface area contributed by atoms with Gasteiger partial charge in [0.25, 0.3) is 0 Å². The molecule has 1 N–H and O–H groups in total. The van der Waals surface area contributed by atoms with E-state index in [1.807, 2.05) is 30.3 Å². The molecule has 1 heterocycles. The van der Waals surface area contributed by atoms with Gasteiger partial charge in [-0.25, -0.2) is 0 Å². The minimum Gasteiger partial charge on any atom is -0.508 e. The summed E-state index contributed by atoms with van der Waals surface area (Å²) in [7, 11) is 0. The summed E-state index contributed by atoms with van der Waals surface area (Å²) in [4.78, 5) is 0. The second-order valence-corrected chi connectivity index (χ2v) is 4.17. The number of benzene rings is 2. The molecule has 2 nitrogen and oxygen atoms in total. The predicted octanol–water partition coefficient (Wildman–Crippen LogP) is 4.46. The zero-order chi connectivity index (χ0) is 11.8. The molecule has 0 bridgehead atoms. The maximum absolute atomic E-state index is 9.43. The van der Waals surface area contributed by atoms with Crippen LogP contribution in [0.1, 0.15) is 0 Å². The van der Waals surface area contributed by atoms with Crippen LogP contribution in [0.2, 0.25) is 5.02 Å². The Balaban J connectivity index is 2.28. The van der Waals surface area contributed by atoms with Gasteiger partial charge in [0.2, 0.25) is 0 Å². The smallest absolute Gasteiger partial charge is 0.154 e. The summed E-state index contributed by atoms with van der Waals surface area (Å²) in [6, 6.07) is 14.6. The molecule has 3 heteroatoms. The normalized spacial score (nSPS) is 10.9. The third-order valence-corrected chi connectivity index (χ3v) is 3.02. The SMILES string of the molecule is Oc1ccc2oc(-c3ccccc3)c(Cl)c2c1. The highest BCUT2D eigenvalue weighted by molar-refractivity contribution is 6.38. The summed E-state index contributed by atoms with van der Waals surface area (Å²) in [6.07, 6.45) is 0. The summed E-state index contributed by atoms with van der Waals surface area (Å²) in [5, 5.41) is 10.7. The zero-order valence-electron chi connectivity index (χ0n) is 8.85. The Kier molecular flexibility index (Phi) is 2.30. The van der Waals surface area contributed by atoms with Crippen LogP contribution in [0.4, 0.5) is 0 Å². The average molecular weight is 245 g/mol. The van der Waals surface area contributed by atoms with Crippen LogP contribution in [-0.4, -0.2) is 5.11 Å². The van der Waals surface area contributed by atoms with Crippen LogP contribution < -0.4 is 0 Å². The van der Waals surface area contributed by atoms with Crippen molar-refractivity contribution in [2.24, 2.45) is 0 Å². The van der Waals surface area contributed by atoms with Gasteiger partial charge in [-0.2, -0.15) is 0 Å². The summed E-state index contributed by atoms with van der Waals surface area (Å²) in [5.74, 6) is 0.813. The summed E-state index contributed by atoms with van der Waals surface area (Å²) in [6.45, 7) is 0. The van der Waals surface area contributed by atoms with Gasteiger partial charge >= 0.3 is 0 Å². The second kappa shape index (κ2) is 3.82. The van der Waals surface area contributed by atoms with Crippen molar-refractivity contribution in [1.29, 1.82) is 0 Å². The molecule has 1 aromatic heterocycles. The highest BCUT2D eigenvalue weighted by atomic mass is 35.5. The van der Waals surface area contributed by atoms with Gasteiger partial charge in [-0.1, -0.05) is 41.9 Å². The van der Waals surface area contributed by atoms with Crippen molar-refractivity contribution in [1.82, 2.24) is 0 Å². The molecular formula is C14H9ClO2. The first-order chi connectivity index (χ1) is 8.25. The molecule has 0 amide bonds. The number of aromatic hydroxyl groups is 1. The van der Waals surface area contributed by atoms with Gasteiger partial charge in [-0.05, 0) is 18.2 Å². The van der Waals surface area contributed by atoms with Crippen molar-refractivity contribution in [2.75, 3.05) is 0 Å². The van der Waals surface area contributed by atoms with Crippen molar-refractivity contribution >= 4 is 22.6 Å². The van der Waals surface area contributed by atoms with Crippen LogP contribution in [0.25, 0.3) is 22.3 Å². The first-order valence-electron chi connectivity index (χ1n) is 5.22. The van der Waals surface area contributed by atoms with Crippen molar-refractivity contribution in [3.63, 3.8) is 0 Å². The highest BCUT2D eigenvalue weighted by Crippen LogP contribution is 2.38. The molecule has 0 aliphatic rings. The van der Waals surface area contributed by atoms with Crippen LogP contribution in [0.3, 0.4) is 0 Å². The molecule has 0 atom stereocenters. The van der Waals surface area contributed by atoms with E-state index in [2.05, 4.69) is 0 Å². The van der Waals surface area contributed by atoms with E-state index in [1.165, 1.54) is 0 Å². The number of fused-ring (bicyclic) bond motifs is 1. The number of phenolic OH excluding ortho intramolecular Hbond substituents is 1. The lowest BCUT2D eigenvalue weighted by molar-refractivity contribution is 0.476. The van der Waals surface area contributed by atoms with Crippen molar-refractivity contribution in [3.05, 3.63) is 53.6 Å². The van der Waals surface area contributed by atoms with Gasteiger partial charge in [-0.15, -0.1) is 0 Å². The molecule has 2 aromatic carbocycles. The molecule has 0 unspecified atom stereocenters. The van der Waals surface area contributed by atoms with Gasteiger partial charge in [0, 0.05) is 10.9 Å². The molecule has 0 aliphatic heterocycles. The molecule has 0 fully saturated rings. The highest BCUT2D eigenvalue weighted by Gasteiger charge is 2.14. The van der Waals surface area contributed by atoms with Crippen molar-refractivity contribution in [2.45, 2.75) is 0 Å². The third-order valence-electron chi connectivity index (χ3n) is 2.65. The van der Waals surface area contributed by atoms with E-state index < -0.39 is 0 Å². The van der Waals surface area contributed by atoms with E-state index in [9.17, 15) is 5.11 Å². The van der Waals surface area contributed by atoms with E-state index in [1.54, 1.807) is 18.2 Å². The van der Waals surface area contributed by atoms with Gasteiger partial charge in [0.1, 0.15) is 11.3 Å².